The molecule has 1 heterocycles. The zero-order valence-electron chi connectivity index (χ0n) is 24.2. The highest BCUT2D eigenvalue weighted by molar-refractivity contribution is 6.74. The maximum atomic E-state index is 12.4. The average Bonchev–Trinajstić information content (AvgIpc) is 3.36. The summed E-state index contributed by atoms with van der Waals surface area (Å²) in [6.45, 7) is 19.3. The lowest BCUT2D eigenvalue weighted by Crippen LogP contribution is -2.58. The van der Waals surface area contributed by atoms with Crippen LogP contribution in [0.15, 0.2) is 0 Å². The van der Waals surface area contributed by atoms with Gasteiger partial charge in [0.25, 0.3) is 0 Å². The minimum absolute atomic E-state index is 0.00931. The van der Waals surface area contributed by atoms with Gasteiger partial charge in [-0.05, 0) is 74.4 Å². The largest absolute Gasteiger partial charge is 0.462 e. The lowest BCUT2D eigenvalue weighted by Gasteiger charge is -2.58. The summed E-state index contributed by atoms with van der Waals surface area (Å²) in [7, 11) is -1.87. The normalized spacial score (nSPS) is 40.9. The Labute approximate surface area is 220 Å². The summed E-state index contributed by atoms with van der Waals surface area (Å²) in [5, 5.41) is 10.3. The van der Waals surface area contributed by atoms with E-state index in [4.69, 9.17) is 18.6 Å². The Morgan fingerprint density at radius 3 is 2.25 bits per heavy atom. The number of hydrogen-bond acceptors (Lipinski definition) is 6. The third kappa shape index (κ3) is 4.74. The monoisotopic (exact) mass is 524 g/mol. The molecule has 4 rings (SSSR count). The fourth-order valence-corrected chi connectivity index (χ4v) is 9.60. The molecule has 36 heavy (non-hydrogen) atoms. The second-order valence-electron chi connectivity index (χ2n) is 14.2. The quantitative estimate of drug-likeness (QED) is 0.336. The van der Waals surface area contributed by atoms with Gasteiger partial charge in [0.15, 0.2) is 14.1 Å². The Hall–Kier alpha value is -0.473. The third-order valence-corrected chi connectivity index (χ3v) is 15.9. The molecule has 7 atom stereocenters. The topological polar surface area (TPSA) is 74.2 Å². The number of aliphatic hydroxyl groups excluding tert-OH is 1. The van der Waals surface area contributed by atoms with Crippen molar-refractivity contribution in [2.24, 2.45) is 28.6 Å². The minimum atomic E-state index is -1.87. The van der Waals surface area contributed by atoms with Crippen LogP contribution in [0.5, 0.6) is 0 Å². The van der Waals surface area contributed by atoms with Crippen LogP contribution in [0.2, 0.25) is 18.1 Å². The molecule has 3 saturated carbocycles. The molecule has 2 unspecified atom stereocenters. The van der Waals surface area contributed by atoms with Gasteiger partial charge in [0.2, 0.25) is 0 Å². The fraction of sp³-hybridized carbons (Fsp3) is 0.966. The molecule has 1 N–H and O–H groups in total. The number of aliphatic hydroxyl groups is 1. The van der Waals surface area contributed by atoms with E-state index >= 15 is 0 Å². The number of rotatable bonds is 6. The van der Waals surface area contributed by atoms with Gasteiger partial charge in [0.05, 0.1) is 13.2 Å². The van der Waals surface area contributed by atoms with Crippen molar-refractivity contribution in [1.29, 1.82) is 0 Å². The lowest BCUT2D eigenvalue weighted by molar-refractivity contribution is -0.252. The predicted octanol–water partition coefficient (Wildman–Crippen LogP) is 6.07. The number of carbonyl (C=O) groups excluding carboxylic acids is 1. The molecule has 0 bridgehead atoms. The molecule has 3 aliphatic carbocycles. The Morgan fingerprint density at radius 2 is 1.67 bits per heavy atom. The van der Waals surface area contributed by atoms with Gasteiger partial charge >= 0.3 is 5.97 Å². The number of hydrogen-bond donors (Lipinski definition) is 1. The molecule has 0 aromatic carbocycles. The molecule has 0 aromatic heterocycles. The molecular weight excluding hydrogens is 472 g/mol. The Balaban J connectivity index is 1.59. The molecule has 0 radical (unpaired) electrons. The average molecular weight is 525 g/mol. The van der Waals surface area contributed by atoms with E-state index in [2.05, 4.69) is 47.7 Å². The van der Waals surface area contributed by atoms with Crippen LogP contribution in [0.25, 0.3) is 0 Å². The van der Waals surface area contributed by atoms with Crippen LogP contribution in [-0.2, 0) is 23.4 Å². The van der Waals surface area contributed by atoms with Crippen molar-refractivity contribution < 1.29 is 28.5 Å². The Morgan fingerprint density at radius 1 is 1.03 bits per heavy atom. The first-order valence-corrected chi connectivity index (χ1v) is 17.3. The molecule has 7 heteroatoms. The van der Waals surface area contributed by atoms with Gasteiger partial charge in [-0.3, -0.25) is 4.79 Å². The second-order valence-corrected chi connectivity index (χ2v) is 19.0. The molecule has 208 valence electrons. The maximum Gasteiger partial charge on any atom is 0.302 e. The van der Waals surface area contributed by atoms with Crippen LogP contribution in [0.1, 0.15) is 92.9 Å². The van der Waals surface area contributed by atoms with Crippen molar-refractivity contribution in [3.05, 3.63) is 0 Å². The first-order valence-electron chi connectivity index (χ1n) is 14.4. The molecule has 1 aliphatic heterocycles. The first-order chi connectivity index (χ1) is 16.7. The molecule has 6 nitrogen and oxygen atoms in total. The second kappa shape index (κ2) is 9.93. The summed E-state index contributed by atoms with van der Waals surface area (Å²) in [5.74, 6) is 0.113. The van der Waals surface area contributed by atoms with E-state index in [1.807, 2.05) is 0 Å². The number of carbonyl (C=O) groups is 1. The van der Waals surface area contributed by atoms with E-state index < -0.39 is 14.1 Å². The lowest BCUT2D eigenvalue weighted by atomic mass is 9.51. The summed E-state index contributed by atoms with van der Waals surface area (Å²) >= 11 is 0. The molecule has 0 aromatic rings. The van der Waals surface area contributed by atoms with Crippen LogP contribution in [0, 0.1) is 28.6 Å². The van der Waals surface area contributed by atoms with E-state index in [-0.39, 0.29) is 52.5 Å². The summed E-state index contributed by atoms with van der Waals surface area (Å²) < 4.78 is 25.7. The molecule has 4 fully saturated rings. The van der Waals surface area contributed by atoms with Gasteiger partial charge in [-0.2, -0.15) is 0 Å². The van der Waals surface area contributed by atoms with Gasteiger partial charge in [-0.15, -0.1) is 0 Å². The third-order valence-electron chi connectivity index (χ3n) is 11.4. The standard InChI is InChI=1S/C29H52O6Si/c1-20(31)34-25-23(10-14-28(6)24(25)11-15-29(28)32-17-18-33-29)27(5)13-9-22(19-21(27)12-16-30)35-36(7,8)26(2,3)4/h21-25,30H,9-19H2,1-8H3/t21-,22-,23?,24?,25+,27-,28-/m0/s1. The summed E-state index contributed by atoms with van der Waals surface area (Å²) in [6.07, 6.45) is 7.77. The SMILES string of the molecule is CC(=O)O[C@H]1C2CCC3(OCCO3)[C@@]2(C)CCC1[C@@]1(C)CC[C@H](O[Si](C)(C)C(C)(C)C)C[C@@H]1CCO. The zero-order valence-corrected chi connectivity index (χ0v) is 25.2. The van der Waals surface area contributed by atoms with E-state index in [1.54, 1.807) is 6.92 Å². The van der Waals surface area contributed by atoms with Crippen LogP contribution in [-0.4, -0.2) is 57.2 Å². The van der Waals surface area contributed by atoms with Gasteiger partial charge < -0.3 is 23.7 Å². The van der Waals surface area contributed by atoms with E-state index in [0.29, 0.717) is 19.1 Å². The van der Waals surface area contributed by atoms with Gasteiger partial charge in [0, 0.05) is 43.3 Å². The summed E-state index contributed by atoms with van der Waals surface area (Å²) in [5.41, 5.74) is -0.157. The number of ether oxygens (including phenoxy) is 3. The van der Waals surface area contributed by atoms with Gasteiger partial charge in [-0.25, -0.2) is 0 Å². The van der Waals surface area contributed by atoms with Gasteiger partial charge in [0.1, 0.15) is 6.10 Å². The fourth-order valence-electron chi connectivity index (χ4n) is 8.20. The van der Waals surface area contributed by atoms with E-state index in [1.165, 1.54) is 0 Å². The highest BCUT2D eigenvalue weighted by Crippen LogP contribution is 2.65. The summed E-state index contributed by atoms with van der Waals surface area (Å²) in [4.78, 5) is 12.4. The molecule has 1 saturated heterocycles. The smallest absolute Gasteiger partial charge is 0.302 e. The molecule has 0 amide bonds. The highest BCUT2D eigenvalue weighted by atomic mass is 28.4. The van der Waals surface area contributed by atoms with Crippen LogP contribution >= 0.6 is 0 Å². The van der Waals surface area contributed by atoms with Gasteiger partial charge in [-0.1, -0.05) is 34.6 Å². The Kier molecular flexibility index (Phi) is 7.87. The minimum Gasteiger partial charge on any atom is -0.462 e. The first kappa shape index (κ1) is 28.5. The van der Waals surface area contributed by atoms with E-state index in [9.17, 15) is 9.90 Å². The highest BCUT2D eigenvalue weighted by Gasteiger charge is 2.67. The Bertz CT molecular complexity index is 802. The van der Waals surface area contributed by atoms with Crippen molar-refractivity contribution in [3.63, 3.8) is 0 Å². The maximum absolute atomic E-state index is 12.4. The van der Waals surface area contributed by atoms with Crippen molar-refractivity contribution in [3.8, 4) is 0 Å². The van der Waals surface area contributed by atoms with Crippen molar-refractivity contribution in [2.45, 2.75) is 129 Å². The predicted molar refractivity (Wildman–Crippen MR) is 143 cm³/mol. The van der Waals surface area contributed by atoms with Crippen LogP contribution in [0.3, 0.4) is 0 Å². The summed E-state index contributed by atoms with van der Waals surface area (Å²) in [6, 6.07) is 0. The van der Waals surface area contributed by atoms with Crippen molar-refractivity contribution in [1.82, 2.24) is 0 Å². The van der Waals surface area contributed by atoms with Crippen LogP contribution in [0.4, 0.5) is 0 Å². The van der Waals surface area contributed by atoms with Crippen molar-refractivity contribution in [2.75, 3.05) is 19.8 Å². The molecule has 4 aliphatic rings. The number of esters is 1. The number of fused-ring (bicyclic) bond motifs is 2. The molecule has 1 spiro atoms. The van der Waals surface area contributed by atoms with Crippen molar-refractivity contribution >= 4 is 14.3 Å². The van der Waals surface area contributed by atoms with Crippen LogP contribution < -0.4 is 0 Å². The zero-order chi connectivity index (χ0) is 26.6. The molecular formula is C29H52O6Si. The van der Waals surface area contributed by atoms with E-state index in [0.717, 1.165) is 51.4 Å².